The van der Waals surface area contributed by atoms with Gasteiger partial charge in [-0.3, -0.25) is 10.8 Å². The van der Waals surface area contributed by atoms with Crippen LogP contribution in [0.15, 0.2) is 5.10 Å². The van der Waals surface area contributed by atoms with Gasteiger partial charge in [-0.2, -0.15) is 5.10 Å². The van der Waals surface area contributed by atoms with Crippen molar-refractivity contribution in [2.45, 2.75) is 52.4 Å². The van der Waals surface area contributed by atoms with Gasteiger partial charge in [0.1, 0.15) is 5.84 Å². The summed E-state index contributed by atoms with van der Waals surface area (Å²) in [5.41, 5.74) is 4.23. The van der Waals surface area contributed by atoms with E-state index in [4.69, 9.17) is 5.41 Å². The normalized spacial score (nSPS) is 35.5. The molecule has 0 saturated heterocycles. The third-order valence-corrected chi connectivity index (χ3v) is 4.12. The van der Waals surface area contributed by atoms with E-state index in [1.807, 2.05) is 0 Å². The van der Waals surface area contributed by atoms with Crippen molar-refractivity contribution in [1.82, 2.24) is 5.43 Å². The van der Waals surface area contributed by atoms with Crippen LogP contribution in [0.3, 0.4) is 0 Å². The van der Waals surface area contributed by atoms with Crippen molar-refractivity contribution in [3.63, 3.8) is 0 Å². The van der Waals surface area contributed by atoms with Crippen LogP contribution in [0.5, 0.6) is 0 Å². The molecule has 0 amide bonds. The minimum Gasteiger partial charge on any atom is -0.287 e. The van der Waals surface area contributed by atoms with Gasteiger partial charge in [-0.1, -0.05) is 26.7 Å². The number of nitrogens with zero attached hydrogens (tertiary/aromatic N) is 1. The molecular formula is C13H23N3. The molecule has 1 atom stereocenters. The molecule has 1 fully saturated rings. The zero-order chi connectivity index (χ0) is 11.5. The van der Waals surface area contributed by atoms with Crippen LogP contribution in [0, 0.1) is 23.2 Å². The Hall–Kier alpha value is -0.860. The number of hydrogen-bond donors (Lipinski definition) is 2. The zero-order valence-electron chi connectivity index (χ0n) is 10.4. The van der Waals surface area contributed by atoms with E-state index < -0.39 is 0 Å². The first-order valence-electron chi connectivity index (χ1n) is 6.61. The summed E-state index contributed by atoms with van der Waals surface area (Å²) in [5.74, 6) is 2.68. The predicted octanol–water partition coefficient (Wildman–Crippen LogP) is 3.17. The average Bonchev–Trinajstić information content (AvgIpc) is 2.30. The van der Waals surface area contributed by atoms with Crippen LogP contribution in [-0.4, -0.2) is 11.5 Å². The van der Waals surface area contributed by atoms with Crippen LogP contribution in [0.2, 0.25) is 0 Å². The number of hydrazone groups is 1. The maximum atomic E-state index is 7.64. The quantitative estimate of drug-likeness (QED) is 0.739. The van der Waals surface area contributed by atoms with Crippen molar-refractivity contribution in [2.75, 3.05) is 0 Å². The molecule has 0 spiro atoms. The number of amidine groups is 1. The van der Waals surface area contributed by atoms with E-state index in [9.17, 15) is 0 Å². The lowest BCUT2D eigenvalue weighted by Crippen LogP contribution is -2.37. The molecule has 16 heavy (non-hydrogen) atoms. The van der Waals surface area contributed by atoms with Gasteiger partial charge in [-0.15, -0.1) is 0 Å². The van der Waals surface area contributed by atoms with Crippen molar-refractivity contribution < 1.29 is 0 Å². The molecule has 3 heteroatoms. The first-order valence-corrected chi connectivity index (χ1v) is 6.61. The highest BCUT2D eigenvalue weighted by atomic mass is 15.3. The topological polar surface area (TPSA) is 48.2 Å². The molecule has 90 valence electrons. The Morgan fingerprint density at radius 3 is 2.62 bits per heavy atom. The second kappa shape index (κ2) is 4.98. The largest absolute Gasteiger partial charge is 0.287 e. The van der Waals surface area contributed by atoms with Gasteiger partial charge in [0.15, 0.2) is 0 Å². The second-order valence-electron chi connectivity index (χ2n) is 5.39. The monoisotopic (exact) mass is 221 g/mol. The maximum Gasteiger partial charge on any atom is 0.114 e. The SMILES string of the molecule is CCC1CC(=N)NN=C1C1CCC(C)CC1. The van der Waals surface area contributed by atoms with E-state index >= 15 is 0 Å². The molecule has 1 aliphatic heterocycles. The van der Waals surface area contributed by atoms with Gasteiger partial charge in [0.05, 0.1) is 0 Å². The van der Waals surface area contributed by atoms with Gasteiger partial charge in [-0.25, -0.2) is 0 Å². The van der Waals surface area contributed by atoms with Gasteiger partial charge >= 0.3 is 0 Å². The summed E-state index contributed by atoms with van der Waals surface area (Å²) >= 11 is 0. The Morgan fingerprint density at radius 1 is 1.31 bits per heavy atom. The van der Waals surface area contributed by atoms with Crippen LogP contribution >= 0.6 is 0 Å². The predicted molar refractivity (Wildman–Crippen MR) is 67.8 cm³/mol. The van der Waals surface area contributed by atoms with Crippen molar-refractivity contribution >= 4 is 11.5 Å². The fraction of sp³-hybridized carbons (Fsp3) is 0.846. The van der Waals surface area contributed by atoms with Gasteiger partial charge in [0, 0.05) is 18.1 Å². The summed E-state index contributed by atoms with van der Waals surface area (Å²) in [5, 5.41) is 12.1. The average molecular weight is 221 g/mol. The second-order valence-corrected chi connectivity index (χ2v) is 5.39. The Labute approximate surface area is 98.2 Å². The van der Waals surface area contributed by atoms with E-state index in [0.29, 0.717) is 17.7 Å². The van der Waals surface area contributed by atoms with E-state index in [0.717, 1.165) is 18.8 Å². The summed E-state index contributed by atoms with van der Waals surface area (Å²) in [6.07, 6.45) is 7.27. The van der Waals surface area contributed by atoms with Crippen LogP contribution in [0.4, 0.5) is 0 Å². The molecule has 0 aromatic heterocycles. The van der Waals surface area contributed by atoms with Gasteiger partial charge in [0.25, 0.3) is 0 Å². The molecule has 2 N–H and O–H groups in total. The molecule has 2 rings (SSSR count). The van der Waals surface area contributed by atoms with Gasteiger partial charge < -0.3 is 0 Å². The Bertz CT molecular complexity index is 288. The molecule has 3 nitrogen and oxygen atoms in total. The van der Waals surface area contributed by atoms with Crippen LogP contribution in [-0.2, 0) is 0 Å². The lowest BCUT2D eigenvalue weighted by molar-refractivity contribution is 0.334. The maximum absolute atomic E-state index is 7.64. The van der Waals surface area contributed by atoms with Crippen molar-refractivity contribution in [2.24, 2.45) is 22.9 Å². The molecule has 0 aromatic rings. The lowest BCUT2D eigenvalue weighted by Gasteiger charge is -2.33. The molecule has 1 saturated carbocycles. The smallest absolute Gasteiger partial charge is 0.114 e. The summed E-state index contributed by atoms with van der Waals surface area (Å²) in [7, 11) is 0. The molecular weight excluding hydrogens is 198 g/mol. The molecule has 2 aliphatic rings. The number of hydrogen-bond acceptors (Lipinski definition) is 2. The van der Waals surface area contributed by atoms with Crippen LogP contribution in [0.25, 0.3) is 0 Å². The highest BCUT2D eigenvalue weighted by Gasteiger charge is 2.30. The van der Waals surface area contributed by atoms with Crippen molar-refractivity contribution in [1.29, 1.82) is 5.41 Å². The lowest BCUT2D eigenvalue weighted by atomic mass is 9.76. The molecule has 0 bridgehead atoms. The van der Waals surface area contributed by atoms with E-state index in [1.54, 1.807) is 0 Å². The van der Waals surface area contributed by atoms with Gasteiger partial charge in [-0.05, 0) is 31.1 Å². The minimum atomic E-state index is 0.521. The molecule has 1 unspecified atom stereocenters. The number of rotatable bonds is 2. The molecule has 0 radical (unpaired) electrons. The summed E-state index contributed by atoms with van der Waals surface area (Å²) < 4.78 is 0. The highest BCUT2D eigenvalue weighted by Crippen LogP contribution is 2.33. The third kappa shape index (κ3) is 2.45. The third-order valence-electron chi connectivity index (χ3n) is 4.12. The summed E-state index contributed by atoms with van der Waals surface area (Å²) in [4.78, 5) is 0. The van der Waals surface area contributed by atoms with E-state index in [-0.39, 0.29) is 0 Å². The molecule has 1 aliphatic carbocycles. The van der Waals surface area contributed by atoms with Crippen LogP contribution in [0.1, 0.15) is 52.4 Å². The van der Waals surface area contributed by atoms with Crippen molar-refractivity contribution in [3.8, 4) is 0 Å². The first-order chi connectivity index (χ1) is 7.70. The fourth-order valence-electron chi connectivity index (χ4n) is 2.95. The Kier molecular flexibility index (Phi) is 3.62. The molecule has 1 heterocycles. The Balaban J connectivity index is 2.04. The highest BCUT2D eigenvalue weighted by molar-refractivity contribution is 5.96. The number of nitrogens with one attached hydrogen (secondary N) is 2. The fourth-order valence-corrected chi connectivity index (χ4v) is 2.95. The summed E-state index contributed by atoms with van der Waals surface area (Å²) in [6.45, 7) is 4.56. The Morgan fingerprint density at radius 2 is 2.00 bits per heavy atom. The molecule has 0 aromatic carbocycles. The zero-order valence-corrected chi connectivity index (χ0v) is 10.4. The van der Waals surface area contributed by atoms with Crippen LogP contribution < -0.4 is 5.43 Å². The van der Waals surface area contributed by atoms with Gasteiger partial charge in [0.2, 0.25) is 0 Å². The summed E-state index contributed by atoms with van der Waals surface area (Å²) in [6, 6.07) is 0. The van der Waals surface area contributed by atoms with E-state index in [1.165, 1.54) is 31.4 Å². The standard InChI is InChI=1S/C13H23N3/c1-3-10-8-12(14)15-16-13(10)11-6-4-9(2)5-7-11/h9-11H,3-8H2,1-2H3,(H2,14,15). The first kappa shape index (κ1) is 11.6. The minimum absolute atomic E-state index is 0.521. The van der Waals surface area contributed by atoms with Crippen molar-refractivity contribution in [3.05, 3.63) is 0 Å². The van der Waals surface area contributed by atoms with E-state index in [2.05, 4.69) is 24.4 Å².